The summed E-state index contributed by atoms with van der Waals surface area (Å²) in [5.74, 6) is 0.509. The van der Waals surface area contributed by atoms with Crippen LogP contribution >= 0.6 is 11.3 Å². The minimum absolute atomic E-state index is 0.206. The Kier molecular flexibility index (Phi) is 5.79. The molecule has 1 saturated heterocycles. The molecule has 0 unspecified atom stereocenters. The number of piperidine rings is 1. The molecule has 140 valence electrons. The Morgan fingerprint density at radius 1 is 1.15 bits per heavy atom. The molecule has 7 heteroatoms. The van der Waals surface area contributed by atoms with Crippen LogP contribution < -0.4 is 5.32 Å². The largest absolute Gasteiger partial charge is 0.347 e. The molecule has 0 radical (unpaired) electrons. The molecule has 5 nitrogen and oxygen atoms in total. The van der Waals surface area contributed by atoms with Gasteiger partial charge in [-0.15, -0.1) is 11.3 Å². The number of sulfonamides is 1. The van der Waals surface area contributed by atoms with E-state index >= 15 is 0 Å². The maximum absolute atomic E-state index is 12.9. The molecule has 0 spiro atoms. The second kappa shape index (κ2) is 7.90. The first-order valence-corrected chi connectivity index (χ1v) is 11.1. The lowest BCUT2D eigenvalue weighted by Crippen LogP contribution is -2.42. The van der Waals surface area contributed by atoms with Crippen LogP contribution in [0.2, 0.25) is 0 Å². The predicted molar refractivity (Wildman–Crippen MR) is 104 cm³/mol. The van der Waals surface area contributed by atoms with E-state index in [-0.39, 0.29) is 10.8 Å². The molecule has 3 rings (SSSR count). The van der Waals surface area contributed by atoms with Gasteiger partial charge in [0.05, 0.1) is 11.4 Å². The van der Waals surface area contributed by atoms with Crippen molar-refractivity contribution in [2.24, 2.45) is 11.8 Å². The highest BCUT2D eigenvalue weighted by molar-refractivity contribution is 7.89. The summed E-state index contributed by atoms with van der Waals surface area (Å²) in [6, 6.07) is 10.1. The standard InChI is InChI=1S/C19H24N2O3S2/c1-14-10-15(2)13-21(12-14)26(23,24)18-7-5-16(6-8-18)19(22)20-11-17-4-3-9-25-17/h3-9,14-15H,10-13H2,1-2H3,(H,20,22)/t14-,15-/m0/s1. The van der Waals surface area contributed by atoms with E-state index in [1.54, 1.807) is 27.8 Å². The van der Waals surface area contributed by atoms with Crippen molar-refractivity contribution < 1.29 is 13.2 Å². The topological polar surface area (TPSA) is 66.5 Å². The van der Waals surface area contributed by atoms with Gasteiger partial charge in [-0.05, 0) is 54.0 Å². The van der Waals surface area contributed by atoms with Crippen LogP contribution in [0.15, 0.2) is 46.7 Å². The molecule has 1 aromatic carbocycles. The smallest absolute Gasteiger partial charge is 0.251 e. The lowest BCUT2D eigenvalue weighted by molar-refractivity contribution is 0.0951. The van der Waals surface area contributed by atoms with Gasteiger partial charge < -0.3 is 5.32 Å². The molecule has 0 aliphatic carbocycles. The lowest BCUT2D eigenvalue weighted by Gasteiger charge is -2.34. The summed E-state index contributed by atoms with van der Waals surface area (Å²) in [6.07, 6.45) is 1.05. The van der Waals surface area contributed by atoms with Crippen LogP contribution in [0.5, 0.6) is 0 Å². The molecule has 26 heavy (non-hydrogen) atoms. The molecule has 1 N–H and O–H groups in total. The Balaban J connectivity index is 1.69. The quantitative estimate of drug-likeness (QED) is 0.849. The number of rotatable bonds is 5. The third kappa shape index (κ3) is 4.34. The summed E-state index contributed by atoms with van der Waals surface area (Å²) >= 11 is 1.58. The number of hydrogen-bond donors (Lipinski definition) is 1. The highest BCUT2D eigenvalue weighted by atomic mass is 32.2. The Hall–Kier alpha value is -1.70. The maximum Gasteiger partial charge on any atom is 0.251 e. The second-order valence-corrected chi connectivity index (χ2v) is 10.0. The van der Waals surface area contributed by atoms with Gasteiger partial charge in [-0.1, -0.05) is 19.9 Å². The van der Waals surface area contributed by atoms with Gasteiger partial charge >= 0.3 is 0 Å². The number of carbonyl (C=O) groups is 1. The number of thiophene rings is 1. The Labute approximate surface area is 159 Å². The maximum atomic E-state index is 12.9. The van der Waals surface area contributed by atoms with E-state index in [2.05, 4.69) is 19.2 Å². The summed E-state index contributed by atoms with van der Waals surface area (Å²) in [4.78, 5) is 13.5. The van der Waals surface area contributed by atoms with Crippen LogP contribution in [0.3, 0.4) is 0 Å². The number of nitrogens with zero attached hydrogens (tertiary/aromatic N) is 1. The van der Waals surface area contributed by atoms with Crippen molar-refractivity contribution >= 4 is 27.3 Å². The van der Waals surface area contributed by atoms with Gasteiger partial charge in [0.15, 0.2) is 0 Å². The predicted octanol–water partition coefficient (Wildman–Crippen LogP) is 3.34. The number of nitrogens with one attached hydrogen (secondary N) is 1. The highest BCUT2D eigenvalue weighted by Gasteiger charge is 2.31. The van der Waals surface area contributed by atoms with E-state index in [0.29, 0.717) is 37.0 Å². The third-order valence-corrected chi connectivity index (χ3v) is 7.32. The molecule has 0 bridgehead atoms. The van der Waals surface area contributed by atoms with Crippen LogP contribution in [-0.4, -0.2) is 31.7 Å². The Bertz CT molecular complexity index is 835. The van der Waals surface area contributed by atoms with Crippen molar-refractivity contribution in [3.05, 3.63) is 52.2 Å². The van der Waals surface area contributed by atoms with Crippen molar-refractivity contribution in [3.63, 3.8) is 0 Å². The average molecular weight is 393 g/mol. The zero-order valence-electron chi connectivity index (χ0n) is 15.0. The summed E-state index contributed by atoms with van der Waals surface area (Å²) < 4.78 is 27.3. The fourth-order valence-electron chi connectivity index (χ4n) is 3.41. The van der Waals surface area contributed by atoms with Gasteiger partial charge in [0.1, 0.15) is 0 Å². The summed E-state index contributed by atoms with van der Waals surface area (Å²) in [5, 5.41) is 4.81. The van der Waals surface area contributed by atoms with Gasteiger partial charge in [-0.2, -0.15) is 4.31 Å². The fourth-order valence-corrected chi connectivity index (χ4v) is 5.74. The molecular weight excluding hydrogens is 368 g/mol. The van der Waals surface area contributed by atoms with Gasteiger partial charge in [-0.3, -0.25) is 4.79 Å². The SMILES string of the molecule is C[C@H]1C[C@H](C)CN(S(=O)(=O)c2ccc(C(=O)NCc3cccs3)cc2)C1. The Morgan fingerprint density at radius 2 is 1.81 bits per heavy atom. The van der Waals surface area contributed by atoms with Crippen molar-refractivity contribution in [3.8, 4) is 0 Å². The first-order valence-electron chi connectivity index (χ1n) is 8.77. The monoisotopic (exact) mass is 392 g/mol. The number of benzene rings is 1. The van der Waals surface area contributed by atoms with E-state index in [1.165, 1.54) is 12.1 Å². The van der Waals surface area contributed by atoms with Crippen LogP contribution in [-0.2, 0) is 16.6 Å². The number of amides is 1. The van der Waals surface area contributed by atoms with E-state index in [1.807, 2.05) is 17.5 Å². The van der Waals surface area contributed by atoms with Crippen molar-refractivity contribution in [1.29, 1.82) is 0 Å². The van der Waals surface area contributed by atoms with Crippen LogP contribution in [0.1, 0.15) is 35.5 Å². The summed E-state index contributed by atoms with van der Waals surface area (Å²) in [6.45, 7) is 5.74. The molecular formula is C19H24N2O3S2. The minimum Gasteiger partial charge on any atom is -0.347 e. The van der Waals surface area contributed by atoms with E-state index < -0.39 is 10.0 Å². The fraction of sp³-hybridized carbons (Fsp3) is 0.421. The Morgan fingerprint density at radius 3 is 2.38 bits per heavy atom. The van der Waals surface area contributed by atoms with E-state index in [4.69, 9.17) is 0 Å². The molecule has 0 saturated carbocycles. The number of hydrogen-bond acceptors (Lipinski definition) is 4. The average Bonchev–Trinajstić information content (AvgIpc) is 3.12. The summed E-state index contributed by atoms with van der Waals surface area (Å²) in [7, 11) is -3.51. The van der Waals surface area contributed by atoms with Gasteiger partial charge in [0.25, 0.3) is 5.91 Å². The highest BCUT2D eigenvalue weighted by Crippen LogP contribution is 2.26. The molecule has 2 heterocycles. The van der Waals surface area contributed by atoms with Crippen molar-refractivity contribution in [1.82, 2.24) is 9.62 Å². The second-order valence-electron chi connectivity index (χ2n) is 7.05. The molecule has 1 aliphatic heterocycles. The molecule has 1 fully saturated rings. The van der Waals surface area contributed by atoms with Gasteiger partial charge in [-0.25, -0.2) is 8.42 Å². The number of carbonyl (C=O) groups excluding carboxylic acids is 1. The lowest BCUT2D eigenvalue weighted by atomic mass is 9.94. The third-order valence-electron chi connectivity index (χ3n) is 4.59. The normalized spacial score (nSPS) is 21.5. The van der Waals surface area contributed by atoms with Crippen LogP contribution in [0, 0.1) is 11.8 Å². The van der Waals surface area contributed by atoms with Crippen molar-refractivity contribution in [2.45, 2.75) is 31.7 Å². The van der Waals surface area contributed by atoms with Gasteiger partial charge in [0, 0.05) is 23.5 Å². The van der Waals surface area contributed by atoms with Gasteiger partial charge in [0.2, 0.25) is 10.0 Å². The zero-order valence-corrected chi connectivity index (χ0v) is 16.6. The molecule has 1 aromatic heterocycles. The molecule has 2 atom stereocenters. The first-order chi connectivity index (χ1) is 12.4. The molecule has 1 amide bonds. The minimum atomic E-state index is -3.51. The van der Waals surface area contributed by atoms with Crippen LogP contribution in [0.4, 0.5) is 0 Å². The molecule has 1 aliphatic rings. The summed E-state index contributed by atoms with van der Waals surface area (Å²) in [5.41, 5.74) is 0.459. The van der Waals surface area contributed by atoms with E-state index in [0.717, 1.165) is 11.3 Å². The van der Waals surface area contributed by atoms with Crippen LogP contribution in [0.25, 0.3) is 0 Å². The molecule has 2 aromatic rings. The zero-order chi connectivity index (χ0) is 18.7. The van der Waals surface area contributed by atoms with E-state index in [9.17, 15) is 13.2 Å². The first kappa shape index (κ1) is 19.1. The van der Waals surface area contributed by atoms with Crippen molar-refractivity contribution in [2.75, 3.05) is 13.1 Å².